The maximum absolute atomic E-state index is 14.5. The second-order valence-electron chi connectivity index (χ2n) is 9.41. The zero-order valence-corrected chi connectivity index (χ0v) is 19.8. The number of amides is 1. The summed E-state index contributed by atoms with van der Waals surface area (Å²) < 4.78 is 47.1. The van der Waals surface area contributed by atoms with Crippen molar-refractivity contribution in [3.05, 3.63) is 100 Å². The van der Waals surface area contributed by atoms with Crippen molar-refractivity contribution in [1.82, 2.24) is 9.88 Å². The number of hydrogen-bond donors (Lipinski definition) is 2. The molecule has 6 nitrogen and oxygen atoms in total. The van der Waals surface area contributed by atoms with Crippen LogP contribution in [-0.2, 0) is 21.4 Å². The summed E-state index contributed by atoms with van der Waals surface area (Å²) in [5.74, 6) is -2.91. The molecule has 2 N–H and O–H groups in total. The third-order valence-electron chi connectivity index (χ3n) is 7.42. The van der Waals surface area contributed by atoms with Crippen molar-refractivity contribution in [3.8, 4) is 0 Å². The van der Waals surface area contributed by atoms with Crippen LogP contribution in [0.25, 0.3) is 10.9 Å². The fourth-order valence-corrected chi connectivity index (χ4v) is 5.99. The Bertz CT molecular complexity index is 1560. The Labute approximate surface area is 210 Å². The molecular weight excluding hydrogens is 483 g/mol. The lowest BCUT2D eigenvalue weighted by atomic mass is 9.72. The molecule has 9 heteroatoms. The molecule has 2 aliphatic rings. The van der Waals surface area contributed by atoms with E-state index in [1.165, 1.54) is 19.2 Å². The number of halogens is 3. The first-order valence-electron chi connectivity index (χ1n) is 11.8. The number of aromatic nitrogens is 1. The lowest BCUT2D eigenvalue weighted by molar-refractivity contribution is -0.131. The molecule has 3 aromatic carbocycles. The van der Waals surface area contributed by atoms with Gasteiger partial charge in [0, 0.05) is 34.8 Å². The molecule has 0 aliphatic carbocycles. The second kappa shape index (κ2) is 8.40. The van der Waals surface area contributed by atoms with Gasteiger partial charge in [-0.1, -0.05) is 18.2 Å². The number of esters is 1. The van der Waals surface area contributed by atoms with Crippen LogP contribution in [0.2, 0.25) is 0 Å². The maximum Gasteiger partial charge on any atom is 0.354 e. The van der Waals surface area contributed by atoms with Gasteiger partial charge in [-0.25, -0.2) is 18.0 Å². The topological polar surface area (TPSA) is 74.4 Å². The minimum absolute atomic E-state index is 0.188. The Balaban J connectivity index is 1.51. The average molecular weight is 505 g/mol. The number of para-hydroxylation sites is 1. The number of nitrogens with one attached hydrogen (secondary N) is 2. The van der Waals surface area contributed by atoms with Crippen LogP contribution in [-0.4, -0.2) is 41.6 Å². The highest BCUT2D eigenvalue weighted by atomic mass is 19.1. The number of benzene rings is 3. The minimum Gasteiger partial charge on any atom is -0.464 e. The Kier molecular flexibility index (Phi) is 5.25. The fourth-order valence-electron chi connectivity index (χ4n) is 5.99. The van der Waals surface area contributed by atoms with E-state index in [0.29, 0.717) is 29.4 Å². The molecule has 0 bridgehead atoms. The highest BCUT2D eigenvalue weighted by molar-refractivity contribution is 6.00. The van der Waals surface area contributed by atoms with Crippen molar-refractivity contribution in [1.29, 1.82) is 0 Å². The number of rotatable bonds is 4. The summed E-state index contributed by atoms with van der Waals surface area (Å²) in [7, 11) is 1.27. The molecule has 2 atom stereocenters. The molecule has 0 radical (unpaired) electrons. The van der Waals surface area contributed by atoms with Gasteiger partial charge in [0.2, 0.25) is 5.91 Å². The van der Waals surface area contributed by atoms with Crippen LogP contribution in [0.3, 0.4) is 0 Å². The SMILES string of the molecule is COC(=O)c1[nH]c2ccc(F)cc2c1C12CCN(C(=O)Cc3cc(F)cc(F)c3)C1Nc1ccccc12. The number of H-pyrrole nitrogens is 1. The molecule has 1 saturated heterocycles. The van der Waals surface area contributed by atoms with E-state index >= 15 is 0 Å². The molecule has 4 aromatic rings. The standard InChI is InChI=1S/C28H22F3N3O3/c1-37-26(36)25-24(19-14-16(29)6-7-21(19)32-25)28-8-9-34(27(28)33-22-5-3-2-4-20(22)28)23(35)12-15-10-17(30)13-18(31)11-15/h2-7,10-11,13-14,27,32-33H,8-9,12H2,1H3. The molecule has 6 rings (SSSR count). The molecule has 188 valence electrons. The summed E-state index contributed by atoms with van der Waals surface area (Å²) in [6.45, 7) is 0.311. The van der Waals surface area contributed by atoms with Crippen molar-refractivity contribution in [3.63, 3.8) is 0 Å². The van der Waals surface area contributed by atoms with Crippen LogP contribution in [0.1, 0.15) is 33.6 Å². The van der Waals surface area contributed by atoms with Crippen LogP contribution in [0.5, 0.6) is 0 Å². The summed E-state index contributed by atoms with van der Waals surface area (Å²) in [5, 5.41) is 3.94. The predicted octanol–water partition coefficient (Wildman–Crippen LogP) is 4.88. The van der Waals surface area contributed by atoms with Crippen LogP contribution in [0, 0.1) is 17.5 Å². The number of methoxy groups -OCH3 is 1. The number of ether oxygens (including phenoxy) is 1. The van der Waals surface area contributed by atoms with Gasteiger partial charge in [-0.15, -0.1) is 0 Å². The molecule has 0 spiro atoms. The van der Waals surface area contributed by atoms with Gasteiger partial charge in [-0.05, 0) is 53.9 Å². The number of likely N-dealkylation sites (tertiary alicyclic amines) is 1. The molecule has 3 heterocycles. The Hall–Kier alpha value is -4.27. The number of carbonyl (C=O) groups is 2. The number of hydrogen-bond acceptors (Lipinski definition) is 4. The largest absolute Gasteiger partial charge is 0.464 e. The molecular formula is C28H22F3N3O3. The molecule has 37 heavy (non-hydrogen) atoms. The summed E-state index contributed by atoms with van der Waals surface area (Å²) in [6.07, 6.45) is -0.397. The zero-order valence-electron chi connectivity index (χ0n) is 19.8. The Morgan fingerprint density at radius 3 is 2.54 bits per heavy atom. The van der Waals surface area contributed by atoms with Gasteiger partial charge in [0.05, 0.1) is 18.9 Å². The van der Waals surface area contributed by atoms with Gasteiger partial charge in [0.1, 0.15) is 29.3 Å². The molecule has 0 saturated carbocycles. The van der Waals surface area contributed by atoms with E-state index in [9.17, 15) is 22.8 Å². The molecule has 1 amide bonds. The highest BCUT2D eigenvalue weighted by Crippen LogP contribution is 2.55. The summed E-state index contributed by atoms with van der Waals surface area (Å²) >= 11 is 0. The number of fused-ring (bicyclic) bond motifs is 4. The Morgan fingerprint density at radius 1 is 1.03 bits per heavy atom. The third-order valence-corrected chi connectivity index (χ3v) is 7.42. The van der Waals surface area contributed by atoms with E-state index in [2.05, 4.69) is 10.3 Å². The zero-order chi connectivity index (χ0) is 25.9. The summed E-state index contributed by atoms with van der Waals surface area (Å²) in [6, 6.07) is 14.8. The first-order valence-corrected chi connectivity index (χ1v) is 11.8. The van der Waals surface area contributed by atoms with Gasteiger partial charge >= 0.3 is 5.97 Å². The number of anilines is 1. The molecule has 2 aliphatic heterocycles. The molecule has 2 unspecified atom stereocenters. The predicted molar refractivity (Wildman–Crippen MR) is 131 cm³/mol. The van der Waals surface area contributed by atoms with Crippen molar-refractivity contribution in [2.75, 3.05) is 19.0 Å². The van der Waals surface area contributed by atoms with Gasteiger partial charge in [0.15, 0.2) is 0 Å². The summed E-state index contributed by atoms with van der Waals surface area (Å²) in [5.41, 5.74) is 2.26. The minimum atomic E-state index is -0.908. The number of aromatic amines is 1. The van der Waals surface area contributed by atoms with Gasteiger partial charge in [0.25, 0.3) is 0 Å². The van der Waals surface area contributed by atoms with E-state index in [1.54, 1.807) is 11.0 Å². The van der Waals surface area contributed by atoms with Crippen LogP contribution >= 0.6 is 0 Å². The summed E-state index contributed by atoms with van der Waals surface area (Å²) in [4.78, 5) is 31.2. The van der Waals surface area contributed by atoms with Gasteiger partial charge in [-0.3, -0.25) is 4.79 Å². The van der Waals surface area contributed by atoms with Crippen LogP contribution in [0.4, 0.5) is 18.9 Å². The number of carbonyl (C=O) groups excluding carboxylic acids is 2. The van der Waals surface area contributed by atoms with E-state index in [0.717, 1.165) is 29.4 Å². The quantitative estimate of drug-likeness (QED) is 0.388. The molecule has 1 aromatic heterocycles. The van der Waals surface area contributed by atoms with Crippen LogP contribution < -0.4 is 5.32 Å². The second-order valence-corrected chi connectivity index (χ2v) is 9.41. The fraction of sp³-hybridized carbons (Fsp3) is 0.214. The lowest BCUT2D eigenvalue weighted by Crippen LogP contribution is -2.47. The smallest absolute Gasteiger partial charge is 0.354 e. The molecule has 1 fully saturated rings. The third kappa shape index (κ3) is 3.48. The first kappa shape index (κ1) is 23.1. The maximum atomic E-state index is 14.5. The lowest BCUT2D eigenvalue weighted by Gasteiger charge is -2.33. The highest BCUT2D eigenvalue weighted by Gasteiger charge is 2.58. The van der Waals surface area contributed by atoms with Gasteiger partial charge < -0.3 is 19.9 Å². The first-order chi connectivity index (χ1) is 17.8. The van der Waals surface area contributed by atoms with Crippen molar-refractivity contribution >= 4 is 28.5 Å². The van der Waals surface area contributed by atoms with Gasteiger partial charge in [-0.2, -0.15) is 0 Å². The van der Waals surface area contributed by atoms with E-state index in [1.807, 2.05) is 24.3 Å². The van der Waals surface area contributed by atoms with Crippen molar-refractivity contribution < 1.29 is 27.5 Å². The van der Waals surface area contributed by atoms with Crippen molar-refractivity contribution in [2.24, 2.45) is 0 Å². The van der Waals surface area contributed by atoms with E-state index in [-0.39, 0.29) is 23.6 Å². The Morgan fingerprint density at radius 2 is 1.78 bits per heavy atom. The van der Waals surface area contributed by atoms with E-state index in [4.69, 9.17) is 4.74 Å². The van der Waals surface area contributed by atoms with E-state index < -0.39 is 35.0 Å². The normalized spacial score (nSPS) is 20.0. The average Bonchev–Trinajstić information content (AvgIpc) is 3.51. The number of nitrogens with zero attached hydrogens (tertiary/aromatic N) is 1. The van der Waals surface area contributed by atoms with Crippen molar-refractivity contribution in [2.45, 2.75) is 24.4 Å². The monoisotopic (exact) mass is 505 g/mol. The van der Waals surface area contributed by atoms with Crippen LogP contribution in [0.15, 0.2) is 60.7 Å².